The monoisotopic (exact) mass is 293 g/mol. The molecule has 0 radical (unpaired) electrons. The number of hydrogen-bond donors (Lipinski definition) is 1. The summed E-state index contributed by atoms with van der Waals surface area (Å²) >= 11 is 3.30. The normalized spacial score (nSPS) is 10.2. The van der Waals surface area contributed by atoms with Crippen molar-refractivity contribution in [1.82, 2.24) is 0 Å². The van der Waals surface area contributed by atoms with Crippen LogP contribution in [0.2, 0.25) is 0 Å². The molecule has 0 spiro atoms. The second kappa shape index (κ2) is 4.67. The van der Waals surface area contributed by atoms with Crippen molar-refractivity contribution in [1.29, 1.82) is 0 Å². The first-order valence-electron chi connectivity index (χ1n) is 4.94. The molecule has 2 nitrogen and oxygen atoms in total. The minimum Gasteiger partial charge on any atom is -0.398 e. The van der Waals surface area contributed by atoms with Gasteiger partial charge in [-0.15, -0.1) is 0 Å². The molecule has 0 aliphatic carbocycles. The zero-order valence-electron chi connectivity index (χ0n) is 8.78. The molecule has 0 fully saturated rings. The summed E-state index contributed by atoms with van der Waals surface area (Å²) in [5.74, 6) is -0.679. The Kier molecular flexibility index (Phi) is 3.24. The van der Waals surface area contributed by atoms with Crippen LogP contribution in [0.15, 0.2) is 46.9 Å². The summed E-state index contributed by atoms with van der Waals surface area (Å²) in [4.78, 5) is 12.2. The third-order valence-electron chi connectivity index (χ3n) is 2.38. The van der Waals surface area contributed by atoms with Crippen LogP contribution in [0.4, 0.5) is 10.1 Å². The predicted octanol–water partition coefficient (Wildman–Crippen LogP) is 3.40. The summed E-state index contributed by atoms with van der Waals surface area (Å²) in [6.07, 6.45) is 0. The van der Waals surface area contributed by atoms with Gasteiger partial charge >= 0.3 is 0 Å². The Morgan fingerprint density at radius 3 is 2.47 bits per heavy atom. The summed E-state index contributed by atoms with van der Waals surface area (Å²) in [5, 5.41) is 0. The van der Waals surface area contributed by atoms with Crippen molar-refractivity contribution in [2.75, 3.05) is 5.73 Å². The van der Waals surface area contributed by atoms with Gasteiger partial charge in [-0.2, -0.15) is 0 Å². The highest BCUT2D eigenvalue weighted by atomic mass is 79.9. The quantitative estimate of drug-likeness (QED) is 0.681. The van der Waals surface area contributed by atoms with Crippen LogP contribution in [-0.2, 0) is 0 Å². The number of carbonyl (C=O) groups excluding carboxylic acids is 1. The van der Waals surface area contributed by atoms with Gasteiger partial charge in [-0.3, -0.25) is 4.79 Å². The number of anilines is 1. The minimum atomic E-state index is -0.453. The van der Waals surface area contributed by atoms with Gasteiger partial charge < -0.3 is 5.73 Å². The zero-order valence-corrected chi connectivity index (χ0v) is 10.4. The Morgan fingerprint density at radius 2 is 1.82 bits per heavy atom. The van der Waals surface area contributed by atoms with E-state index in [1.54, 1.807) is 18.2 Å². The van der Waals surface area contributed by atoms with E-state index in [4.69, 9.17) is 5.73 Å². The first-order chi connectivity index (χ1) is 8.09. The van der Waals surface area contributed by atoms with Crippen LogP contribution in [0.5, 0.6) is 0 Å². The lowest BCUT2D eigenvalue weighted by molar-refractivity contribution is 0.103. The fourth-order valence-corrected chi connectivity index (χ4v) is 2.00. The highest BCUT2D eigenvalue weighted by Crippen LogP contribution is 2.23. The van der Waals surface area contributed by atoms with Crippen molar-refractivity contribution in [2.45, 2.75) is 0 Å². The molecule has 0 bridgehead atoms. The van der Waals surface area contributed by atoms with E-state index in [9.17, 15) is 9.18 Å². The Bertz CT molecular complexity index is 583. The third-order valence-corrected chi connectivity index (χ3v) is 3.07. The summed E-state index contributed by atoms with van der Waals surface area (Å²) in [7, 11) is 0. The lowest BCUT2D eigenvalue weighted by Crippen LogP contribution is -2.06. The van der Waals surface area contributed by atoms with Crippen LogP contribution < -0.4 is 5.73 Å². The number of ketones is 1. The lowest BCUT2D eigenvalue weighted by atomic mass is 10.0. The molecular weight excluding hydrogens is 285 g/mol. The molecular formula is C13H9BrFNO. The molecule has 0 heterocycles. The number of halogens is 2. The van der Waals surface area contributed by atoms with E-state index < -0.39 is 5.82 Å². The molecule has 0 aliphatic rings. The summed E-state index contributed by atoms with van der Waals surface area (Å²) < 4.78 is 13.6. The SMILES string of the molecule is Nc1cc(F)ccc1C(=O)c1ccccc1Br. The second-order valence-electron chi connectivity index (χ2n) is 3.54. The fourth-order valence-electron chi connectivity index (χ4n) is 1.53. The average Bonchev–Trinajstić information content (AvgIpc) is 2.29. The molecule has 0 amide bonds. The van der Waals surface area contributed by atoms with Gasteiger partial charge in [0.15, 0.2) is 5.78 Å². The molecule has 0 unspecified atom stereocenters. The van der Waals surface area contributed by atoms with Gasteiger partial charge in [0.25, 0.3) is 0 Å². The first kappa shape index (κ1) is 11.8. The van der Waals surface area contributed by atoms with Crippen molar-refractivity contribution in [3.8, 4) is 0 Å². The first-order valence-corrected chi connectivity index (χ1v) is 5.73. The molecule has 86 valence electrons. The maximum absolute atomic E-state index is 12.9. The highest BCUT2D eigenvalue weighted by molar-refractivity contribution is 9.10. The van der Waals surface area contributed by atoms with Crippen molar-refractivity contribution in [3.05, 3.63) is 63.9 Å². The Hall–Kier alpha value is -1.68. The average molecular weight is 294 g/mol. The van der Waals surface area contributed by atoms with Crippen LogP contribution >= 0.6 is 15.9 Å². The largest absolute Gasteiger partial charge is 0.398 e. The Labute approximate surface area is 106 Å². The second-order valence-corrected chi connectivity index (χ2v) is 4.39. The molecule has 2 aromatic carbocycles. The minimum absolute atomic E-state index is 0.144. The number of benzene rings is 2. The third kappa shape index (κ3) is 2.36. The van der Waals surface area contributed by atoms with Crippen molar-refractivity contribution >= 4 is 27.4 Å². The van der Waals surface area contributed by atoms with Crippen LogP contribution in [-0.4, -0.2) is 5.78 Å². The van der Waals surface area contributed by atoms with Gasteiger partial charge in [0.2, 0.25) is 0 Å². The van der Waals surface area contributed by atoms with E-state index in [2.05, 4.69) is 15.9 Å². The van der Waals surface area contributed by atoms with Crippen LogP contribution in [0.1, 0.15) is 15.9 Å². The number of nitrogen functional groups attached to an aromatic ring is 1. The van der Waals surface area contributed by atoms with Gasteiger partial charge in [-0.1, -0.05) is 28.1 Å². The zero-order chi connectivity index (χ0) is 12.4. The number of nitrogens with two attached hydrogens (primary N) is 1. The molecule has 2 N–H and O–H groups in total. The van der Waals surface area contributed by atoms with E-state index in [-0.39, 0.29) is 11.5 Å². The van der Waals surface area contributed by atoms with Crippen LogP contribution in [0.25, 0.3) is 0 Å². The van der Waals surface area contributed by atoms with Gasteiger partial charge in [0.05, 0.1) is 0 Å². The standard InChI is InChI=1S/C13H9BrFNO/c14-11-4-2-1-3-9(11)13(17)10-6-5-8(15)7-12(10)16/h1-7H,16H2. The highest BCUT2D eigenvalue weighted by Gasteiger charge is 2.14. The Morgan fingerprint density at radius 1 is 1.12 bits per heavy atom. The number of rotatable bonds is 2. The number of carbonyl (C=O) groups is 1. The van der Waals surface area contributed by atoms with Crippen LogP contribution in [0, 0.1) is 5.82 Å². The predicted molar refractivity (Wildman–Crippen MR) is 68.4 cm³/mol. The maximum atomic E-state index is 12.9. The van der Waals surface area contributed by atoms with Crippen molar-refractivity contribution in [3.63, 3.8) is 0 Å². The molecule has 2 aromatic rings. The van der Waals surface area contributed by atoms with Gasteiger partial charge in [0, 0.05) is 21.3 Å². The molecule has 4 heteroatoms. The van der Waals surface area contributed by atoms with E-state index in [1.165, 1.54) is 12.1 Å². The molecule has 17 heavy (non-hydrogen) atoms. The topological polar surface area (TPSA) is 43.1 Å². The lowest BCUT2D eigenvalue weighted by Gasteiger charge is -2.06. The molecule has 0 aromatic heterocycles. The summed E-state index contributed by atoms with van der Waals surface area (Å²) in [5.41, 5.74) is 6.59. The number of hydrogen-bond acceptors (Lipinski definition) is 2. The van der Waals surface area contributed by atoms with Gasteiger partial charge in [-0.05, 0) is 30.3 Å². The van der Waals surface area contributed by atoms with Crippen LogP contribution in [0.3, 0.4) is 0 Å². The molecule has 0 saturated heterocycles. The van der Waals surface area contributed by atoms with E-state index in [0.29, 0.717) is 15.6 Å². The van der Waals surface area contributed by atoms with Crippen molar-refractivity contribution in [2.24, 2.45) is 0 Å². The van der Waals surface area contributed by atoms with Gasteiger partial charge in [-0.25, -0.2) is 4.39 Å². The summed E-state index contributed by atoms with van der Waals surface area (Å²) in [6.45, 7) is 0. The fraction of sp³-hybridized carbons (Fsp3) is 0. The maximum Gasteiger partial charge on any atom is 0.196 e. The van der Waals surface area contributed by atoms with Crippen molar-refractivity contribution < 1.29 is 9.18 Å². The van der Waals surface area contributed by atoms with E-state index in [1.807, 2.05) is 6.07 Å². The molecule has 2 rings (SSSR count). The molecule has 0 atom stereocenters. The van der Waals surface area contributed by atoms with E-state index in [0.717, 1.165) is 6.07 Å². The molecule has 0 saturated carbocycles. The summed E-state index contributed by atoms with van der Waals surface area (Å²) in [6, 6.07) is 10.8. The van der Waals surface area contributed by atoms with Gasteiger partial charge in [0.1, 0.15) is 5.82 Å². The van der Waals surface area contributed by atoms with E-state index >= 15 is 0 Å². The molecule has 0 aliphatic heterocycles. The smallest absolute Gasteiger partial charge is 0.196 e. The Balaban J connectivity index is 2.48.